The second kappa shape index (κ2) is 12.5. The van der Waals surface area contributed by atoms with Crippen molar-refractivity contribution in [3.8, 4) is 5.75 Å². The Morgan fingerprint density at radius 3 is 2.35 bits per heavy atom. The van der Waals surface area contributed by atoms with Crippen LogP contribution in [0.15, 0.2) is 42.6 Å². The molecule has 0 unspecified atom stereocenters. The molecule has 1 fully saturated rings. The lowest BCUT2D eigenvalue weighted by atomic mass is 10.0. The third kappa shape index (κ3) is 7.03. The molecule has 2 aromatic carbocycles. The van der Waals surface area contributed by atoms with Gasteiger partial charge in [-0.05, 0) is 56.9 Å². The largest absolute Gasteiger partial charge is 0.494 e. The summed E-state index contributed by atoms with van der Waals surface area (Å²) in [6.45, 7) is 12.2. The zero-order valence-corrected chi connectivity index (χ0v) is 28.1. The van der Waals surface area contributed by atoms with Crippen molar-refractivity contribution in [1.29, 1.82) is 0 Å². The number of anilines is 4. The summed E-state index contributed by atoms with van der Waals surface area (Å²) < 4.78 is 74.5. The van der Waals surface area contributed by atoms with Gasteiger partial charge in [0.2, 0.25) is 16.0 Å². The molecular weight excluding hydrogens is 619 g/mol. The van der Waals surface area contributed by atoms with Gasteiger partial charge in [-0.25, -0.2) is 13.4 Å². The van der Waals surface area contributed by atoms with Crippen molar-refractivity contribution in [2.24, 2.45) is 0 Å². The molecule has 0 amide bonds. The van der Waals surface area contributed by atoms with E-state index in [4.69, 9.17) is 4.74 Å². The second-order valence-corrected chi connectivity index (χ2v) is 15.0. The first kappa shape index (κ1) is 33.7. The number of aromatic nitrogens is 2. The normalized spacial score (nSPS) is 19.3. The van der Waals surface area contributed by atoms with Crippen LogP contribution in [0.1, 0.15) is 49.1 Å². The average molecular weight is 662 g/mol. The predicted octanol–water partition coefficient (Wildman–Crippen LogP) is 5.45. The number of nitrogens with zero attached hydrogens (tertiary/aromatic N) is 5. The quantitative estimate of drug-likeness (QED) is 0.327. The number of rotatable bonds is 8. The number of nitrogens with one attached hydrogen (secondary N) is 2. The number of sulfonamides is 1. The highest BCUT2D eigenvalue weighted by Crippen LogP contribution is 2.41. The molecule has 0 bridgehead atoms. The molecule has 2 heterocycles. The molecule has 1 saturated heterocycles. The molecule has 46 heavy (non-hydrogen) atoms. The Kier molecular flexibility index (Phi) is 9.19. The fourth-order valence-corrected chi connectivity index (χ4v) is 6.99. The highest BCUT2D eigenvalue weighted by Gasteiger charge is 2.41. The van der Waals surface area contributed by atoms with Crippen molar-refractivity contribution < 1.29 is 26.3 Å². The second-order valence-electron chi connectivity index (χ2n) is 12.9. The van der Waals surface area contributed by atoms with Gasteiger partial charge in [0.1, 0.15) is 17.1 Å². The topological polar surface area (TPSA) is 103 Å². The van der Waals surface area contributed by atoms with E-state index in [0.29, 0.717) is 17.9 Å². The van der Waals surface area contributed by atoms with E-state index in [9.17, 15) is 21.6 Å². The van der Waals surface area contributed by atoms with Crippen LogP contribution in [-0.4, -0.2) is 85.8 Å². The summed E-state index contributed by atoms with van der Waals surface area (Å²) in [7, 11) is -0.705. The van der Waals surface area contributed by atoms with Crippen molar-refractivity contribution in [3.05, 3.63) is 64.8 Å². The first-order chi connectivity index (χ1) is 21.5. The third-order valence-corrected chi connectivity index (χ3v) is 10.1. The van der Waals surface area contributed by atoms with Crippen LogP contribution in [0.2, 0.25) is 0 Å². The maximum absolute atomic E-state index is 14.2. The molecular formula is C32H42F3N7O3S. The minimum Gasteiger partial charge on any atom is -0.494 e. The highest BCUT2D eigenvalue weighted by atomic mass is 32.2. The summed E-state index contributed by atoms with van der Waals surface area (Å²) in [6, 6.07) is 9.60. The summed E-state index contributed by atoms with van der Waals surface area (Å²) in [6.07, 6.45) is -2.64. The number of benzene rings is 2. The molecule has 3 aromatic rings. The minimum absolute atomic E-state index is 0.0664. The van der Waals surface area contributed by atoms with E-state index in [1.807, 2.05) is 31.2 Å². The fourth-order valence-electron chi connectivity index (χ4n) is 6.32. The van der Waals surface area contributed by atoms with Crippen LogP contribution in [0.5, 0.6) is 5.75 Å². The van der Waals surface area contributed by atoms with Crippen LogP contribution < -0.4 is 20.3 Å². The molecule has 1 aliphatic heterocycles. The number of piperazine rings is 1. The number of alkyl halides is 3. The smallest absolute Gasteiger partial charge is 0.421 e. The van der Waals surface area contributed by atoms with Gasteiger partial charge in [-0.3, -0.25) is 4.90 Å². The van der Waals surface area contributed by atoms with E-state index in [2.05, 4.69) is 51.2 Å². The molecule has 0 saturated carbocycles. The van der Waals surface area contributed by atoms with E-state index in [1.54, 1.807) is 12.1 Å². The summed E-state index contributed by atoms with van der Waals surface area (Å²) >= 11 is 0. The molecule has 1 aromatic heterocycles. The molecule has 250 valence electrons. The molecule has 10 nitrogen and oxygen atoms in total. The lowest BCUT2D eigenvalue weighted by Crippen LogP contribution is -2.53. The van der Waals surface area contributed by atoms with Gasteiger partial charge in [-0.15, -0.1) is 0 Å². The zero-order chi connectivity index (χ0) is 33.6. The molecule has 14 heteroatoms. The molecule has 0 radical (unpaired) electrons. The number of halogens is 3. The van der Waals surface area contributed by atoms with Crippen LogP contribution in [0.4, 0.5) is 36.3 Å². The summed E-state index contributed by atoms with van der Waals surface area (Å²) in [5.41, 5.74) is 3.11. The molecule has 2 N–H and O–H groups in total. The third-order valence-electron chi connectivity index (χ3n) is 8.86. The van der Waals surface area contributed by atoms with Crippen molar-refractivity contribution >= 4 is 33.2 Å². The Balaban J connectivity index is 1.44. The van der Waals surface area contributed by atoms with Crippen LogP contribution in [-0.2, 0) is 22.6 Å². The first-order valence-electron chi connectivity index (χ1n) is 15.1. The van der Waals surface area contributed by atoms with Gasteiger partial charge in [0.15, 0.2) is 0 Å². The number of likely N-dealkylation sites (N-methyl/N-ethyl adjacent to an activating group) is 1. The summed E-state index contributed by atoms with van der Waals surface area (Å²) in [4.78, 5) is 13.0. The van der Waals surface area contributed by atoms with Gasteiger partial charge in [0.05, 0.1) is 31.1 Å². The lowest BCUT2D eigenvalue weighted by Gasteiger charge is -2.43. The number of fused-ring (bicyclic) bond motifs is 1. The average Bonchev–Trinajstić information content (AvgIpc) is 3.33. The minimum atomic E-state index is -4.75. The highest BCUT2D eigenvalue weighted by molar-refractivity contribution is 7.88. The number of methoxy groups -OCH3 is 1. The Hall–Kier alpha value is -3.62. The van der Waals surface area contributed by atoms with Crippen molar-refractivity contribution in [3.63, 3.8) is 0 Å². The van der Waals surface area contributed by atoms with Crippen LogP contribution in [0, 0.1) is 6.92 Å². The number of ether oxygens (including phenoxy) is 1. The van der Waals surface area contributed by atoms with E-state index in [0.717, 1.165) is 61.0 Å². The number of aryl methyl sites for hydroxylation is 1. The van der Waals surface area contributed by atoms with Gasteiger partial charge in [0, 0.05) is 56.7 Å². The van der Waals surface area contributed by atoms with E-state index < -0.39 is 39.7 Å². The summed E-state index contributed by atoms with van der Waals surface area (Å²) in [5.74, 6) is -0.0139. The molecule has 0 spiro atoms. The molecule has 1 aliphatic carbocycles. The molecule has 5 rings (SSSR count). The Bertz CT molecular complexity index is 1690. The summed E-state index contributed by atoms with van der Waals surface area (Å²) in [5, 5.41) is 5.99. The standard InChI is InChI=1S/C32H42F3N7O3S/c1-20-16-24(27(45-6)18-26(20)41-12-14-42(15-13-41)31(2,3)4)38-30-36-19-23(32(33,34)35)29(39-30)37-25-17-21-10-8-9-11-22(21)28(25)40(5)46(7,43)44/h8-11,16,18-19,25,28H,12-15,17H2,1-7H3,(H2,36,37,38,39)/t25-,28-/m1/s1. The number of hydrogen-bond donors (Lipinski definition) is 2. The first-order valence-corrected chi connectivity index (χ1v) is 17.0. The van der Waals surface area contributed by atoms with E-state index in [1.165, 1.54) is 18.5 Å². The van der Waals surface area contributed by atoms with Gasteiger partial charge >= 0.3 is 6.18 Å². The molecule has 2 aliphatic rings. The maximum atomic E-state index is 14.2. The maximum Gasteiger partial charge on any atom is 0.421 e. The fraction of sp³-hybridized carbons (Fsp3) is 0.500. The lowest BCUT2D eigenvalue weighted by molar-refractivity contribution is -0.137. The van der Waals surface area contributed by atoms with Gasteiger partial charge in [0.25, 0.3) is 0 Å². The number of hydrogen-bond acceptors (Lipinski definition) is 9. The monoisotopic (exact) mass is 661 g/mol. The van der Waals surface area contributed by atoms with Crippen molar-refractivity contribution in [2.75, 3.05) is 62.1 Å². The van der Waals surface area contributed by atoms with Gasteiger partial charge < -0.3 is 20.3 Å². The van der Waals surface area contributed by atoms with Gasteiger partial charge in [-0.1, -0.05) is 24.3 Å². The Morgan fingerprint density at radius 1 is 1.07 bits per heavy atom. The predicted molar refractivity (Wildman–Crippen MR) is 174 cm³/mol. The van der Waals surface area contributed by atoms with Crippen LogP contribution in [0.3, 0.4) is 0 Å². The van der Waals surface area contributed by atoms with Crippen LogP contribution >= 0.6 is 0 Å². The Morgan fingerprint density at radius 2 is 1.74 bits per heavy atom. The van der Waals surface area contributed by atoms with Gasteiger partial charge in [-0.2, -0.15) is 22.5 Å². The van der Waals surface area contributed by atoms with E-state index >= 15 is 0 Å². The Labute approximate surface area is 269 Å². The van der Waals surface area contributed by atoms with E-state index in [-0.39, 0.29) is 11.5 Å². The van der Waals surface area contributed by atoms with Crippen molar-refractivity contribution in [2.45, 2.75) is 57.9 Å². The molecule has 2 atom stereocenters. The van der Waals surface area contributed by atoms with Crippen LogP contribution in [0.25, 0.3) is 0 Å². The van der Waals surface area contributed by atoms with Crippen molar-refractivity contribution in [1.82, 2.24) is 19.2 Å². The zero-order valence-electron chi connectivity index (χ0n) is 27.2. The SMILES string of the molecule is COc1cc(N2CCN(C(C)(C)C)CC2)c(C)cc1Nc1ncc(C(F)(F)F)c(N[C@@H]2Cc3ccccc3[C@H]2N(C)S(C)(=O)=O)n1.